The fourth-order valence-corrected chi connectivity index (χ4v) is 2.37. The molecule has 0 amide bonds. The molecule has 0 aromatic heterocycles. The second kappa shape index (κ2) is 6.57. The standard InChI is InChI=1S/C10H13Cl2N3O4S/c1-14(2)20(18,19)4-3-13-9-5-7(11)8(12)6-10(9)15(16)17/h5-6,13H,3-4H2,1-2H3. The average molecular weight is 342 g/mol. The van der Waals surface area contributed by atoms with Crippen molar-refractivity contribution < 1.29 is 13.3 Å². The number of halogens is 2. The van der Waals surface area contributed by atoms with Gasteiger partial charge in [-0.25, -0.2) is 12.7 Å². The molecule has 20 heavy (non-hydrogen) atoms. The molecule has 7 nitrogen and oxygen atoms in total. The van der Waals surface area contributed by atoms with Gasteiger partial charge in [-0.2, -0.15) is 0 Å². The van der Waals surface area contributed by atoms with Gasteiger partial charge in [-0.05, 0) is 6.07 Å². The van der Waals surface area contributed by atoms with Crippen molar-refractivity contribution in [2.75, 3.05) is 31.7 Å². The van der Waals surface area contributed by atoms with Crippen LogP contribution in [-0.2, 0) is 10.0 Å². The summed E-state index contributed by atoms with van der Waals surface area (Å²) in [5, 5.41) is 13.8. The van der Waals surface area contributed by atoms with E-state index in [4.69, 9.17) is 23.2 Å². The minimum atomic E-state index is -3.38. The molecule has 0 unspecified atom stereocenters. The predicted octanol–water partition coefficient (Wildman–Crippen LogP) is 2.20. The minimum Gasteiger partial charge on any atom is -0.378 e. The van der Waals surface area contributed by atoms with Gasteiger partial charge >= 0.3 is 0 Å². The first-order valence-corrected chi connectivity index (χ1v) is 7.79. The molecule has 0 heterocycles. The quantitative estimate of drug-likeness (QED) is 0.632. The van der Waals surface area contributed by atoms with Gasteiger partial charge in [0.2, 0.25) is 10.0 Å². The molecule has 0 saturated heterocycles. The number of sulfonamides is 1. The third-order valence-electron chi connectivity index (χ3n) is 2.47. The van der Waals surface area contributed by atoms with E-state index >= 15 is 0 Å². The molecular formula is C10H13Cl2N3O4S. The van der Waals surface area contributed by atoms with Crippen molar-refractivity contribution in [3.63, 3.8) is 0 Å². The summed E-state index contributed by atoms with van der Waals surface area (Å²) in [4.78, 5) is 10.3. The number of anilines is 1. The zero-order valence-electron chi connectivity index (χ0n) is 10.8. The molecule has 1 aromatic carbocycles. The molecule has 0 bridgehead atoms. The van der Waals surface area contributed by atoms with Gasteiger partial charge in [0.05, 0.1) is 20.7 Å². The van der Waals surface area contributed by atoms with Crippen molar-refractivity contribution in [1.82, 2.24) is 4.31 Å². The largest absolute Gasteiger partial charge is 0.378 e. The Morgan fingerprint density at radius 3 is 2.35 bits per heavy atom. The number of nitrogens with one attached hydrogen (secondary N) is 1. The molecule has 0 saturated carbocycles. The van der Waals surface area contributed by atoms with Gasteiger partial charge in [-0.15, -0.1) is 0 Å². The molecular weight excluding hydrogens is 329 g/mol. The Morgan fingerprint density at radius 1 is 1.30 bits per heavy atom. The second-order valence-electron chi connectivity index (χ2n) is 4.07. The molecule has 10 heteroatoms. The Bertz CT molecular complexity index is 619. The topological polar surface area (TPSA) is 92.6 Å². The number of hydrogen-bond donors (Lipinski definition) is 1. The number of benzene rings is 1. The van der Waals surface area contributed by atoms with Crippen molar-refractivity contribution in [3.8, 4) is 0 Å². The van der Waals surface area contributed by atoms with Crippen molar-refractivity contribution in [1.29, 1.82) is 0 Å². The van der Waals surface area contributed by atoms with Gasteiger partial charge in [0.15, 0.2) is 0 Å². The van der Waals surface area contributed by atoms with Crippen molar-refractivity contribution in [2.24, 2.45) is 0 Å². The lowest BCUT2D eigenvalue weighted by Gasteiger charge is -2.12. The third-order valence-corrected chi connectivity index (χ3v) is 5.02. The number of nitro benzene ring substituents is 1. The first kappa shape index (κ1) is 17.0. The van der Waals surface area contributed by atoms with Gasteiger partial charge in [0, 0.05) is 26.7 Å². The summed E-state index contributed by atoms with van der Waals surface area (Å²) >= 11 is 11.5. The number of nitrogens with zero attached hydrogens (tertiary/aromatic N) is 2. The molecule has 1 rings (SSSR count). The van der Waals surface area contributed by atoms with E-state index in [9.17, 15) is 18.5 Å². The first-order chi connectivity index (χ1) is 9.15. The van der Waals surface area contributed by atoms with Crippen LogP contribution in [0.1, 0.15) is 0 Å². The van der Waals surface area contributed by atoms with E-state index in [1.54, 1.807) is 0 Å². The maximum absolute atomic E-state index is 11.6. The van der Waals surface area contributed by atoms with E-state index in [0.717, 1.165) is 10.4 Å². The number of rotatable bonds is 6. The maximum Gasteiger partial charge on any atom is 0.293 e. The third kappa shape index (κ3) is 4.20. The predicted molar refractivity (Wildman–Crippen MR) is 79.1 cm³/mol. The lowest BCUT2D eigenvalue weighted by Crippen LogP contribution is -2.28. The number of nitro groups is 1. The van der Waals surface area contributed by atoms with Crippen LogP contribution < -0.4 is 5.32 Å². The summed E-state index contributed by atoms with van der Waals surface area (Å²) in [5.41, 5.74) is -0.139. The van der Waals surface area contributed by atoms with Crippen LogP contribution in [-0.4, -0.2) is 44.0 Å². The summed E-state index contributed by atoms with van der Waals surface area (Å²) in [6.07, 6.45) is 0. The molecule has 0 aliphatic rings. The molecule has 1 N–H and O–H groups in total. The summed E-state index contributed by atoms with van der Waals surface area (Å²) in [7, 11) is -0.551. The highest BCUT2D eigenvalue weighted by Crippen LogP contribution is 2.33. The summed E-state index contributed by atoms with van der Waals surface area (Å²) in [5.74, 6) is -0.197. The zero-order chi connectivity index (χ0) is 15.5. The van der Waals surface area contributed by atoms with Crippen LogP contribution in [0, 0.1) is 10.1 Å². The van der Waals surface area contributed by atoms with E-state index < -0.39 is 14.9 Å². The van der Waals surface area contributed by atoms with E-state index in [2.05, 4.69) is 5.32 Å². The van der Waals surface area contributed by atoms with E-state index in [1.807, 2.05) is 0 Å². The van der Waals surface area contributed by atoms with Crippen molar-refractivity contribution >= 4 is 44.6 Å². The first-order valence-electron chi connectivity index (χ1n) is 5.42. The molecule has 0 fully saturated rings. The molecule has 1 aromatic rings. The van der Waals surface area contributed by atoms with Gasteiger partial charge in [-0.1, -0.05) is 23.2 Å². The molecule has 0 aliphatic carbocycles. The fourth-order valence-electron chi connectivity index (χ4n) is 1.33. The summed E-state index contributed by atoms with van der Waals surface area (Å²) in [6.45, 7) is 0.0132. The molecule has 112 valence electrons. The zero-order valence-corrected chi connectivity index (χ0v) is 13.1. The molecule has 0 radical (unpaired) electrons. The lowest BCUT2D eigenvalue weighted by molar-refractivity contribution is -0.383. The van der Waals surface area contributed by atoms with Crippen LogP contribution >= 0.6 is 23.2 Å². The van der Waals surface area contributed by atoms with Gasteiger partial charge in [0.1, 0.15) is 5.69 Å². The van der Waals surface area contributed by atoms with Gasteiger partial charge in [-0.3, -0.25) is 10.1 Å². The van der Waals surface area contributed by atoms with E-state index in [-0.39, 0.29) is 33.7 Å². The molecule has 0 atom stereocenters. The maximum atomic E-state index is 11.6. The van der Waals surface area contributed by atoms with Crippen LogP contribution in [0.3, 0.4) is 0 Å². The summed E-state index contributed by atoms with van der Waals surface area (Å²) in [6, 6.07) is 2.41. The minimum absolute atomic E-state index is 0.0132. The Hall–Kier alpha value is -1.09. The highest BCUT2D eigenvalue weighted by Gasteiger charge is 2.18. The van der Waals surface area contributed by atoms with Crippen molar-refractivity contribution in [3.05, 3.63) is 32.3 Å². The molecule has 0 aliphatic heterocycles. The van der Waals surface area contributed by atoms with Crippen LogP contribution in [0.2, 0.25) is 10.0 Å². The molecule has 0 spiro atoms. The lowest BCUT2D eigenvalue weighted by atomic mass is 10.2. The SMILES string of the molecule is CN(C)S(=O)(=O)CCNc1cc(Cl)c(Cl)cc1[N+](=O)[O-]. The van der Waals surface area contributed by atoms with Gasteiger partial charge < -0.3 is 5.32 Å². The highest BCUT2D eigenvalue weighted by atomic mass is 35.5. The highest BCUT2D eigenvalue weighted by molar-refractivity contribution is 7.89. The van der Waals surface area contributed by atoms with Gasteiger partial charge in [0.25, 0.3) is 5.69 Å². The Balaban J connectivity index is 2.88. The van der Waals surface area contributed by atoms with Crippen LogP contribution in [0.15, 0.2) is 12.1 Å². The van der Waals surface area contributed by atoms with Crippen LogP contribution in [0.25, 0.3) is 0 Å². The Labute approximate surface area is 126 Å². The van der Waals surface area contributed by atoms with Crippen LogP contribution in [0.4, 0.5) is 11.4 Å². The van der Waals surface area contributed by atoms with E-state index in [0.29, 0.717) is 0 Å². The number of hydrogen-bond acceptors (Lipinski definition) is 5. The average Bonchev–Trinajstić information content (AvgIpc) is 2.32. The Morgan fingerprint density at radius 2 is 1.85 bits per heavy atom. The smallest absolute Gasteiger partial charge is 0.293 e. The Kier molecular flexibility index (Phi) is 5.58. The monoisotopic (exact) mass is 341 g/mol. The fraction of sp³-hybridized carbons (Fsp3) is 0.400. The second-order valence-corrected chi connectivity index (χ2v) is 7.18. The summed E-state index contributed by atoms with van der Waals surface area (Å²) < 4.78 is 24.2. The van der Waals surface area contributed by atoms with Crippen LogP contribution in [0.5, 0.6) is 0 Å². The van der Waals surface area contributed by atoms with E-state index in [1.165, 1.54) is 20.2 Å². The normalized spacial score (nSPS) is 11.7. The van der Waals surface area contributed by atoms with Crippen molar-refractivity contribution in [2.45, 2.75) is 0 Å².